The van der Waals surface area contributed by atoms with E-state index in [2.05, 4.69) is 13.8 Å². The molecule has 0 spiro atoms. The van der Waals surface area contributed by atoms with Crippen LogP contribution in [0.1, 0.15) is 91.4 Å². The number of Topliss-reactive ketones (excluding diaryl/α,β-unsaturated/α-hetero) is 1. The Morgan fingerprint density at radius 3 is 2.30 bits per heavy atom. The summed E-state index contributed by atoms with van der Waals surface area (Å²) in [4.78, 5) is 12.4. The Balaban J connectivity index is 1.42. The first-order valence-electron chi connectivity index (χ1n) is 14.0. The van der Waals surface area contributed by atoms with Crippen LogP contribution in [0.4, 0.5) is 8.78 Å². The van der Waals surface area contributed by atoms with Gasteiger partial charge in [0.05, 0.1) is 6.10 Å². The number of ketones is 1. The van der Waals surface area contributed by atoms with Crippen LogP contribution < -0.4 is 5.73 Å². The second-order valence-corrected chi connectivity index (χ2v) is 15.0. The Morgan fingerprint density at radius 2 is 1.65 bits per heavy atom. The van der Waals surface area contributed by atoms with Crippen LogP contribution >= 0.6 is 0 Å². The number of nitrogens with two attached hydrogens (primary N) is 1. The Kier molecular flexibility index (Phi) is 7.96. The number of carbonyl (C=O) groups is 1. The Labute approximate surface area is 219 Å². The van der Waals surface area contributed by atoms with Crippen LogP contribution in [0.2, 0.25) is 0 Å². The topological polar surface area (TPSA) is 138 Å². The lowest BCUT2D eigenvalue weighted by Gasteiger charge is -2.63. The molecular formula is C27H45F2NO6S. The van der Waals surface area contributed by atoms with E-state index in [0.29, 0.717) is 25.2 Å². The van der Waals surface area contributed by atoms with Crippen molar-refractivity contribution in [2.45, 2.75) is 115 Å². The van der Waals surface area contributed by atoms with Crippen molar-refractivity contribution >= 4 is 15.9 Å². The van der Waals surface area contributed by atoms with Crippen molar-refractivity contribution in [3.63, 3.8) is 0 Å². The number of aliphatic hydroxyl groups excluding tert-OH is 2. The smallest absolute Gasteiger partial charge is 0.280 e. The molecule has 0 radical (unpaired) electrons. The molecule has 0 aromatic carbocycles. The highest BCUT2D eigenvalue weighted by atomic mass is 32.2. The molecule has 10 heteroatoms. The van der Waals surface area contributed by atoms with E-state index in [-0.39, 0.29) is 66.5 Å². The molecule has 5 N–H and O–H groups in total. The highest BCUT2D eigenvalue weighted by Crippen LogP contribution is 2.69. The second-order valence-electron chi connectivity index (χ2n) is 13.4. The van der Waals surface area contributed by atoms with Crippen molar-refractivity contribution < 1.29 is 36.8 Å². The molecule has 4 saturated carbocycles. The molecule has 0 heterocycles. The standard InChI is InChI=1S/C27H45F2NO6S/c1-15(4-5-17(31)6-9-23(30)37(34,35)36)18-7-8-19-24-20(10-11-25(18,19)2)26(3)14-27(28,29)22(33)13-16(26)12-21(24)32/h15-16,18-24,32-33H,4-14,30H2,1-3H3,(H,34,35,36)/t15-,16-,18-,19+,20+,21+,22-,23?,24+,25-,26+/m1/s1. The van der Waals surface area contributed by atoms with E-state index in [4.69, 9.17) is 10.3 Å². The van der Waals surface area contributed by atoms with Crippen LogP contribution in [0.3, 0.4) is 0 Å². The third kappa shape index (κ3) is 5.26. The van der Waals surface area contributed by atoms with E-state index >= 15 is 0 Å². The molecule has 214 valence electrons. The number of hydrogen-bond donors (Lipinski definition) is 4. The second kappa shape index (κ2) is 10.1. The monoisotopic (exact) mass is 549 g/mol. The lowest BCUT2D eigenvalue weighted by Crippen LogP contribution is -2.62. The van der Waals surface area contributed by atoms with Gasteiger partial charge in [-0.05, 0) is 97.7 Å². The molecule has 0 saturated heterocycles. The van der Waals surface area contributed by atoms with Crippen LogP contribution in [-0.2, 0) is 14.9 Å². The minimum absolute atomic E-state index is 0.00721. The molecule has 7 nitrogen and oxygen atoms in total. The molecule has 4 aliphatic carbocycles. The largest absolute Gasteiger partial charge is 0.393 e. The van der Waals surface area contributed by atoms with Crippen molar-refractivity contribution in [1.82, 2.24) is 0 Å². The minimum atomic E-state index is -4.35. The van der Waals surface area contributed by atoms with Gasteiger partial charge in [-0.1, -0.05) is 20.8 Å². The summed E-state index contributed by atoms with van der Waals surface area (Å²) in [5.74, 6) is -2.41. The number of halogens is 2. The average Bonchev–Trinajstić information content (AvgIpc) is 3.14. The molecule has 0 bridgehead atoms. The van der Waals surface area contributed by atoms with Crippen molar-refractivity contribution in [1.29, 1.82) is 0 Å². The van der Waals surface area contributed by atoms with Gasteiger partial charge in [0.2, 0.25) is 0 Å². The van der Waals surface area contributed by atoms with Crippen LogP contribution in [0.15, 0.2) is 0 Å². The molecule has 4 rings (SSSR count). The summed E-state index contributed by atoms with van der Waals surface area (Å²) < 4.78 is 60.5. The van der Waals surface area contributed by atoms with E-state index in [1.54, 1.807) is 0 Å². The molecule has 11 atom stereocenters. The molecule has 0 amide bonds. The molecule has 0 aromatic rings. The molecule has 4 aliphatic rings. The van der Waals surface area contributed by atoms with Crippen molar-refractivity contribution in [2.24, 2.45) is 52.1 Å². The highest BCUT2D eigenvalue weighted by Gasteiger charge is 2.66. The van der Waals surface area contributed by atoms with E-state index in [9.17, 15) is 32.2 Å². The predicted octanol–water partition coefficient (Wildman–Crippen LogP) is 4.16. The Morgan fingerprint density at radius 1 is 1.03 bits per heavy atom. The summed E-state index contributed by atoms with van der Waals surface area (Å²) in [6, 6.07) is 0. The van der Waals surface area contributed by atoms with Crippen LogP contribution in [0, 0.1) is 46.3 Å². The van der Waals surface area contributed by atoms with Crippen LogP contribution in [0.25, 0.3) is 0 Å². The molecule has 0 aliphatic heterocycles. The summed E-state index contributed by atoms with van der Waals surface area (Å²) in [5.41, 5.74) is 4.80. The molecule has 4 fully saturated rings. The predicted molar refractivity (Wildman–Crippen MR) is 135 cm³/mol. The third-order valence-corrected chi connectivity index (χ3v) is 12.4. The fourth-order valence-corrected chi connectivity index (χ4v) is 9.79. The first-order chi connectivity index (χ1) is 17.0. The Hall–Kier alpha value is -0.680. The molecular weight excluding hydrogens is 504 g/mol. The van der Waals surface area contributed by atoms with Gasteiger partial charge < -0.3 is 15.9 Å². The van der Waals surface area contributed by atoms with Crippen molar-refractivity contribution in [2.75, 3.05) is 0 Å². The minimum Gasteiger partial charge on any atom is -0.393 e. The van der Waals surface area contributed by atoms with Gasteiger partial charge in [0.25, 0.3) is 16.0 Å². The summed E-state index contributed by atoms with van der Waals surface area (Å²) in [7, 11) is -4.35. The van der Waals surface area contributed by atoms with E-state index in [0.717, 1.165) is 25.7 Å². The average molecular weight is 550 g/mol. The van der Waals surface area contributed by atoms with Gasteiger partial charge in [-0.25, -0.2) is 8.78 Å². The first-order valence-corrected chi connectivity index (χ1v) is 15.5. The SMILES string of the molecule is C[C@H](CCC(=O)CCC(N)S(=O)(=O)O)[C@H]1CC[C@H]2[C@@H]3[C@@H](O)C[C@@H]4C[C@@H](O)C(F)(F)C[C@]4(C)[C@H]3CC[C@]12C. The number of fused-ring (bicyclic) bond motifs is 5. The number of carbonyl (C=O) groups excluding carboxylic acids is 1. The maximum absolute atomic E-state index is 14.7. The van der Waals surface area contributed by atoms with E-state index in [1.807, 2.05) is 6.92 Å². The Bertz CT molecular complexity index is 978. The molecule has 37 heavy (non-hydrogen) atoms. The number of aliphatic hydroxyl groups is 2. The summed E-state index contributed by atoms with van der Waals surface area (Å²) in [6.45, 7) is 6.41. The number of hydrogen-bond acceptors (Lipinski definition) is 6. The van der Waals surface area contributed by atoms with Crippen LogP contribution in [-0.4, -0.2) is 52.5 Å². The van der Waals surface area contributed by atoms with Gasteiger partial charge in [-0.2, -0.15) is 8.42 Å². The molecule has 0 aromatic heterocycles. The van der Waals surface area contributed by atoms with Crippen molar-refractivity contribution in [3.05, 3.63) is 0 Å². The summed E-state index contributed by atoms with van der Waals surface area (Å²) in [6.07, 6.45) is 2.56. The highest BCUT2D eigenvalue weighted by molar-refractivity contribution is 7.86. The van der Waals surface area contributed by atoms with Gasteiger partial charge >= 0.3 is 0 Å². The van der Waals surface area contributed by atoms with Gasteiger partial charge in [-0.3, -0.25) is 9.35 Å². The van der Waals surface area contributed by atoms with Gasteiger partial charge in [0.1, 0.15) is 17.3 Å². The fraction of sp³-hybridized carbons (Fsp3) is 0.963. The first kappa shape index (κ1) is 29.3. The summed E-state index contributed by atoms with van der Waals surface area (Å²) >= 11 is 0. The lowest BCUT2D eigenvalue weighted by molar-refractivity contribution is -0.236. The number of alkyl halides is 2. The van der Waals surface area contributed by atoms with Gasteiger partial charge in [0.15, 0.2) is 0 Å². The maximum atomic E-state index is 14.7. The van der Waals surface area contributed by atoms with Gasteiger partial charge in [0, 0.05) is 19.3 Å². The summed E-state index contributed by atoms with van der Waals surface area (Å²) in [5, 5.41) is 19.9. The third-order valence-electron chi connectivity index (χ3n) is 11.4. The fourth-order valence-electron chi connectivity index (χ4n) is 9.37. The normalized spacial score (nSPS) is 44.8. The zero-order chi connectivity index (χ0) is 27.6. The molecule has 1 unspecified atom stereocenters. The van der Waals surface area contributed by atoms with Crippen molar-refractivity contribution in [3.8, 4) is 0 Å². The lowest BCUT2D eigenvalue weighted by atomic mass is 9.43. The van der Waals surface area contributed by atoms with Gasteiger partial charge in [-0.15, -0.1) is 0 Å². The zero-order valence-electron chi connectivity index (χ0n) is 22.3. The van der Waals surface area contributed by atoms with E-state index in [1.165, 1.54) is 0 Å². The quantitative estimate of drug-likeness (QED) is 0.334. The van der Waals surface area contributed by atoms with E-state index < -0.39 is 39.0 Å². The number of rotatable bonds is 8. The van der Waals surface area contributed by atoms with Crippen LogP contribution in [0.5, 0.6) is 0 Å². The zero-order valence-corrected chi connectivity index (χ0v) is 23.1. The maximum Gasteiger partial charge on any atom is 0.280 e.